The molecule has 2 aromatic carbocycles. The van der Waals surface area contributed by atoms with Crippen LogP contribution in [0.5, 0.6) is 0 Å². The van der Waals surface area contributed by atoms with Gasteiger partial charge in [0, 0.05) is 25.2 Å². The van der Waals surface area contributed by atoms with E-state index in [4.69, 9.17) is 0 Å². The van der Waals surface area contributed by atoms with Gasteiger partial charge < -0.3 is 16.0 Å². The van der Waals surface area contributed by atoms with Crippen LogP contribution in [0.1, 0.15) is 83.4 Å². The van der Waals surface area contributed by atoms with E-state index in [1.54, 1.807) is 0 Å². The molecule has 260 valence electrons. The van der Waals surface area contributed by atoms with Crippen LogP contribution in [0.25, 0.3) is 0 Å². The molecule has 0 spiro atoms. The molecule has 12 heteroatoms. The largest absolute Gasteiger partial charge is 0.353 e. The van der Waals surface area contributed by atoms with E-state index in [0.717, 1.165) is 23.0 Å². The molecule has 1 saturated heterocycles. The van der Waals surface area contributed by atoms with Gasteiger partial charge in [-0.15, -0.1) is 0 Å². The maximum atomic E-state index is 14.1. The van der Waals surface area contributed by atoms with Crippen LogP contribution in [0.15, 0.2) is 42.5 Å². The molecule has 3 rings (SSSR count). The Hall–Kier alpha value is -3.38. The monoisotopic (exact) mass is 676 g/mol. The molecule has 2 aromatic rings. The number of hydrogen-bond acceptors (Lipinski definition) is 6. The van der Waals surface area contributed by atoms with E-state index >= 15 is 0 Å². The Balaban J connectivity index is 1.85. The minimum absolute atomic E-state index is 0.0807. The quantitative estimate of drug-likeness (QED) is 0.141. The summed E-state index contributed by atoms with van der Waals surface area (Å²) in [6, 6.07) is 9.99. The molecule has 0 aromatic heterocycles. The number of carbonyl (C=O) groups is 3. The topological polar surface area (TPSA) is 125 Å². The van der Waals surface area contributed by atoms with Gasteiger partial charge in [-0.2, -0.15) is 0 Å². The highest BCUT2D eigenvalue weighted by Gasteiger charge is 2.46. The van der Waals surface area contributed by atoms with Crippen LogP contribution < -0.4 is 16.0 Å². The van der Waals surface area contributed by atoms with E-state index in [1.807, 2.05) is 26.0 Å². The molecule has 9 nitrogen and oxygen atoms in total. The first-order valence-electron chi connectivity index (χ1n) is 16.6. The second kappa shape index (κ2) is 17.1. The number of rotatable bonds is 19. The van der Waals surface area contributed by atoms with Crippen molar-refractivity contribution in [2.75, 3.05) is 18.8 Å². The van der Waals surface area contributed by atoms with Gasteiger partial charge in [-0.3, -0.25) is 14.5 Å². The molecule has 0 bridgehead atoms. The van der Waals surface area contributed by atoms with Crippen LogP contribution in [0, 0.1) is 17.6 Å². The number of urea groups is 1. The van der Waals surface area contributed by atoms with Crippen molar-refractivity contribution in [2.45, 2.75) is 103 Å². The number of benzene rings is 2. The summed E-state index contributed by atoms with van der Waals surface area (Å²) < 4.78 is 55.5. The second-order valence-electron chi connectivity index (χ2n) is 13.0. The lowest BCUT2D eigenvalue weighted by Crippen LogP contribution is -2.49. The number of aryl methyl sites for hydroxylation is 1. The third kappa shape index (κ3) is 11.1. The van der Waals surface area contributed by atoms with Crippen molar-refractivity contribution in [1.82, 2.24) is 20.9 Å². The fraction of sp³-hybridized carbons (Fsp3) is 0.571. The summed E-state index contributed by atoms with van der Waals surface area (Å²) in [6.07, 6.45) is 3.50. The lowest BCUT2D eigenvalue weighted by molar-refractivity contribution is -0.132. The van der Waals surface area contributed by atoms with Gasteiger partial charge >= 0.3 is 6.03 Å². The molecule has 0 saturated carbocycles. The lowest BCUT2D eigenvalue weighted by Gasteiger charge is -2.27. The summed E-state index contributed by atoms with van der Waals surface area (Å²) in [7, 11) is -3.80. The van der Waals surface area contributed by atoms with E-state index in [9.17, 15) is 31.6 Å². The zero-order chi connectivity index (χ0) is 34.8. The van der Waals surface area contributed by atoms with Gasteiger partial charge in [-0.1, -0.05) is 57.9 Å². The van der Waals surface area contributed by atoms with Crippen molar-refractivity contribution in [1.29, 1.82) is 0 Å². The summed E-state index contributed by atoms with van der Waals surface area (Å²) in [5.74, 6) is -4.50. The summed E-state index contributed by atoms with van der Waals surface area (Å²) in [5, 5.41) is 8.19. The number of sulfone groups is 1. The molecule has 1 fully saturated rings. The van der Waals surface area contributed by atoms with Crippen molar-refractivity contribution in [3.63, 3.8) is 0 Å². The standard InChI is InChI=1S/C35H50F2N4O5S/c1-6-10-31(11-7-2)47(45,46)23-27(22-41-33(43)35(4,5)40-34(41)44)32(42)39-30(19-26-17-28(36)20-29(37)18-26)14-15-38-21-25-13-9-12-24(8-3)16-25/h9,12-13,16-18,20,27,30-31,38H,6-8,10-11,14-15,19,21-23H2,1-5H3,(H,39,42)(H,40,44)/t27?,30-/m1/s1. The average Bonchev–Trinajstić information content (AvgIpc) is 3.19. The van der Waals surface area contributed by atoms with Gasteiger partial charge in [0.1, 0.15) is 17.2 Å². The summed E-state index contributed by atoms with van der Waals surface area (Å²) in [4.78, 5) is 40.7. The van der Waals surface area contributed by atoms with Crippen molar-refractivity contribution in [3.8, 4) is 0 Å². The molecule has 1 aliphatic rings. The van der Waals surface area contributed by atoms with E-state index in [-0.39, 0.29) is 6.42 Å². The summed E-state index contributed by atoms with van der Waals surface area (Å²) in [6.45, 7) is 9.54. The molecule has 0 radical (unpaired) electrons. The number of amides is 4. The van der Waals surface area contributed by atoms with Gasteiger partial charge in [-0.25, -0.2) is 22.0 Å². The maximum Gasteiger partial charge on any atom is 0.325 e. The predicted molar refractivity (Wildman–Crippen MR) is 179 cm³/mol. The number of carbonyl (C=O) groups excluding carboxylic acids is 3. The Labute approximate surface area is 278 Å². The first kappa shape index (κ1) is 38.1. The van der Waals surface area contributed by atoms with Crippen LogP contribution >= 0.6 is 0 Å². The van der Waals surface area contributed by atoms with Gasteiger partial charge in [0.2, 0.25) is 5.91 Å². The smallest absolute Gasteiger partial charge is 0.325 e. The van der Waals surface area contributed by atoms with Gasteiger partial charge in [0.25, 0.3) is 5.91 Å². The van der Waals surface area contributed by atoms with Crippen molar-refractivity contribution >= 4 is 27.7 Å². The molecule has 3 N–H and O–H groups in total. The second-order valence-corrected chi connectivity index (χ2v) is 15.3. The summed E-state index contributed by atoms with van der Waals surface area (Å²) >= 11 is 0. The molecule has 0 aliphatic carbocycles. The third-order valence-corrected chi connectivity index (χ3v) is 10.9. The zero-order valence-corrected chi connectivity index (χ0v) is 29.0. The molecular weight excluding hydrogens is 626 g/mol. The predicted octanol–water partition coefficient (Wildman–Crippen LogP) is 5.06. The van der Waals surface area contributed by atoms with E-state index in [0.29, 0.717) is 50.8 Å². The molecule has 1 aliphatic heterocycles. The third-order valence-electron chi connectivity index (χ3n) is 8.53. The average molecular weight is 677 g/mol. The highest BCUT2D eigenvalue weighted by atomic mass is 32.2. The van der Waals surface area contributed by atoms with Crippen molar-refractivity contribution < 1.29 is 31.6 Å². The Morgan fingerprint density at radius 2 is 1.57 bits per heavy atom. The van der Waals surface area contributed by atoms with E-state index < -0.39 is 74.4 Å². The summed E-state index contributed by atoms with van der Waals surface area (Å²) in [5.41, 5.74) is 1.43. The molecule has 1 unspecified atom stereocenters. The Bertz CT molecular complexity index is 1470. The van der Waals surface area contributed by atoms with E-state index in [2.05, 4.69) is 35.0 Å². The number of nitrogens with one attached hydrogen (secondary N) is 3. The Kier molecular flexibility index (Phi) is 13.9. The van der Waals surface area contributed by atoms with Gasteiger partial charge in [0.15, 0.2) is 9.84 Å². The number of nitrogens with zero attached hydrogens (tertiary/aromatic N) is 1. The molecule has 2 atom stereocenters. The Morgan fingerprint density at radius 1 is 0.936 bits per heavy atom. The van der Waals surface area contributed by atoms with Crippen LogP contribution in [-0.2, 0) is 38.8 Å². The fourth-order valence-corrected chi connectivity index (χ4v) is 8.28. The highest BCUT2D eigenvalue weighted by molar-refractivity contribution is 7.92. The lowest BCUT2D eigenvalue weighted by atomic mass is 10.0. The van der Waals surface area contributed by atoms with Crippen LogP contribution in [-0.4, -0.2) is 66.8 Å². The number of halogens is 2. The van der Waals surface area contributed by atoms with Gasteiger partial charge in [0.05, 0.1) is 16.9 Å². The first-order chi connectivity index (χ1) is 22.2. The fourth-order valence-electron chi connectivity index (χ4n) is 6.01. The molecule has 4 amide bonds. The van der Waals surface area contributed by atoms with Crippen molar-refractivity contribution in [2.24, 2.45) is 5.92 Å². The minimum atomic E-state index is -3.80. The highest BCUT2D eigenvalue weighted by Crippen LogP contribution is 2.23. The number of imide groups is 1. The van der Waals surface area contributed by atoms with Crippen LogP contribution in [0.4, 0.5) is 13.6 Å². The SMILES string of the molecule is CCCC(CCC)S(=O)(=O)CC(CN1C(=O)NC(C)(C)C1=O)C(=O)N[C@H](CCNCc1cccc(CC)c1)Cc1cc(F)cc(F)c1. The Morgan fingerprint density at radius 3 is 2.15 bits per heavy atom. The number of hydrogen-bond donors (Lipinski definition) is 3. The minimum Gasteiger partial charge on any atom is -0.353 e. The normalized spacial score (nSPS) is 16.0. The van der Waals surface area contributed by atoms with Gasteiger partial charge in [-0.05, 0) is 81.3 Å². The van der Waals surface area contributed by atoms with Crippen LogP contribution in [0.3, 0.4) is 0 Å². The first-order valence-corrected chi connectivity index (χ1v) is 18.3. The van der Waals surface area contributed by atoms with E-state index in [1.165, 1.54) is 31.5 Å². The maximum absolute atomic E-state index is 14.1. The zero-order valence-electron chi connectivity index (χ0n) is 28.2. The molecule has 47 heavy (non-hydrogen) atoms. The van der Waals surface area contributed by atoms with Crippen LogP contribution in [0.2, 0.25) is 0 Å². The molecule has 1 heterocycles. The van der Waals surface area contributed by atoms with Crippen molar-refractivity contribution in [3.05, 3.63) is 70.8 Å². The molecular formula is C35H50F2N4O5S.